The highest BCUT2D eigenvalue weighted by Gasteiger charge is 2.34. The summed E-state index contributed by atoms with van der Waals surface area (Å²) in [5, 5.41) is 10.5. The molecule has 1 aromatic rings. The van der Waals surface area contributed by atoms with Crippen molar-refractivity contribution >= 4 is 0 Å². The molecule has 0 saturated carbocycles. The van der Waals surface area contributed by atoms with E-state index >= 15 is 0 Å². The van der Waals surface area contributed by atoms with E-state index in [0.717, 1.165) is 54.6 Å². The molecule has 2 atom stereocenters. The van der Waals surface area contributed by atoms with E-state index in [-0.39, 0.29) is 11.5 Å². The van der Waals surface area contributed by atoms with Crippen LogP contribution in [-0.4, -0.2) is 10.7 Å². The van der Waals surface area contributed by atoms with Gasteiger partial charge in [-0.05, 0) is 57.2 Å². The van der Waals surface area contributed by atoms with Crippen molar-refractivity contribution in [1.29, 1.82) is 0 Å². The Hall–Kier alpha value is -1.44. The first kappa shape index (κ1) is 15.9. The summed E-state index contributed by atoms with van der Waals surface area (Å²) in [5.74, 6) is 1.40. The first-order valence-electron chi connectivity index (χ1n) is 8.10. The van der Waals surface area contributed by atoms with E-state index in [1.165, 1.54) is 0 Å². The number of ether oxygens (including phenoxy) is 1. The second kappa shape index (κ2) is 6.13. The summed E-state index contributed by atoms with van der Waals surface area (Å²) in [6, 6.07) is 4.02. The molecular formula is C19H28O2. The lowest BCUT2D eigenvalue weighted by Gasteiger charge is -2.28. The monoisotopic (exact) mass is 288 g/mol. The van der Waals surface area contributed by atoms with Gasteiger partial charge in [-0.2, -0.15) is 0 Å². The molecule has 1 N–H and O–H groups in total. The summed E-state index contributed by atoms with van der Waals surface area (Å²) in [5.41, 5.74) is 3.02. The third kappa shape index (κ3) is 3.25. The van der Waals surface area contributed by atoms with Crippen molar-refractivity contribution in [1.82, 2.24) is 0 Å². The number of aryl methyl sites for hydroxylation is 1. The Morgan fingerprint density at radius 3 is 2.71 bits per heavy atom. The van der Waals surface area contributed by atoms with Crippen LogP contribution in [0.25, 0.3) is 0 Å². The SMILES string of the molecule is C=C(C)C1CC[C@](C)(CC)Oc2cc(CCC)cc(O)c21. The van der Waals surface area contributed by atoms with Crippen LogP contribution in [0, 0.1) is 0 Å². The quantitative estimate of drug-likeness (QED) is 0.757. The van der Waals surface area contributed by atoms with Gasteiger partial charge in [0.1, 0.15) is 17.1 Å². The van der Waals surface area contributed by atoms with E-state index in [9.17, 15) is 5.11 Å². The predicted octanol–water partition coefficient (Wildman–Crippen LogP) is 5.35. The zero-order chi connectivity index (χ0) is 15.6. The molecule has 2 nitrogen and oxygen atoms in total. The van der Waals surface area contributed by atoms with Crippen LogP contribution in [0.15, 0.2) is 24.3 Å². The lowest BCUT2D eigenvalue weighted by molar-refractivity contribution is 0.0779. The van der Waals surface area contributed by atoms with Crippen molar-refractivity contribution in [3.8, 4) is 11.5 Å². The van der Waals surface area contributed by atoms with Crippen LogP contribution in [0.4, 0.5) is 0 Å². The van der Waals surface area contributed by atoms with Crippen molar-refractivity contribution in [3.63, 3.8) is 0 Å². The van der Waals surface area contributed by atoms with E-state index in [1.807, 2.05) is 13.0 Å². The summed E-state index contributed by atoms with van der Waals surface area (Å²) in [4.78, 5) is 0. The third-order valence-electron chi connectivity index (χ3n) is 4.73. The molecule has 0 spiro atoms. The van der Waals surface area contributed by atoms with Crippen molar-refractivity contribution in [2.45, 2.75) is 71.3 Å². The highest BCUT2D eigenvalue weighted by molar-refractivity contribution is 5.52. The van der Waals surface area contributed by atoms with Gasteiger partial charge in [0.05, 0.1) is 0 Å². The van der Waals surface area contributed by atoms with Gasteiger partial charge >= 0.3 is 0 Å². The van der Waals surface area contributed by atoms with Crippen LogP contribution in [0.5, 0.6) is 11.5 Å². The molecule has 0 amide bonds. The molecular weight excluding hydrogens is 260 g/mol. The van der Waals surface area contributed by atoms with Gasteiger partial charge in [0, 0.05) is 11.5 Å². The minimum Gasteiger partial charge on any atom is -0.507 e. The first-order valence-corrected chi connectivity index (χ1v) is 8.10. The molecule has 0 bridgehead atoms. The largest absolute Gasteiger partial charge is 0.507 e. The summed E-state index contributed by atoms with van der Waals surface area (Å²) in [6.45, 7) is 12.7. The van der Waals surface area contributed by atoms with Gasteiger partial charge in [0.2, 0.25) is 0 Å². The molecule has 0 fully saturated rings. The van der Waals surface area contributed by atoms with Gasteiger partial charge in [-0.3, -0.25) is 0 Å². The molecule has 0 aromatic heterocycles. The lowest BCUT2D eigenvalue weighted by Crippen LogP contribution is -2.30. The molecule has 1 unspecified atom stereocenters. The Balaban J connectivity index is 2.55. The van der Waals surface area contributed by atoms with Gasteiger partial charge < -0.3 is 9.84 Å². The van der Waals surface area contributed by atoms with Crippen molar-refractivity contribution in [2.24, 2.45) is 0 Å². The second-order valence-corrected chi connectivity index (χ2v) is 6.62. The van der Waals surface area contributed by atoms with E-state index in [0.29, 0.717) is 5.75 Å². The number of phenolic OH excluding ortho intramolecular Hbond substituents is 1. The number of rotatable bonds is 4. The van der Waals surface area contributed by atoms with Crippen LogP contribution in [0.3, 0.4) is 0 Å². The standard InChI is InChI=1S/C19H28O2/c1-6-8-14-11-16(20)18-15(13(3)4)9-10-19(5,7-2)21-17(18)12-14/h11-12,15,20H,3,6-10H2,1-2,4-5H3/t15?,19-/m0/s1. The minimum absolute atomic E-state index is 0.157. The van der Waals surface area contributed by atoms with Crippen molar-refractivity contribution < 1.29 is 9.84 Å². The van der Waals surface area contributed by atoms with Gasteiger partial charge in [0.15, 0.2) is 0 Å². The van der Waals surface area contributed by atoms with Gasteiger partial charge in [0.25, 0.3) is 0 Å². The Bertz CT molecular complexity index is 533. The van der Waals surface area contributed by atoms with E-state index in [2.05, 4.69) is 33.4 Å². The van der Waals surface area contributed by atoms with E-state index in [1.54, 1.807) is 0 Å². The summed E-state index contributed by atoms with van der Waals surface area (Å²) in [7, 11) is 0. The molecule has 0 radical (unpaired) electrons. The van der Waals surface area contributed by atoms with Crippen LogP contribution in [-0.2, 0) is 6.42 Å². The number of hydrogen-bond acceptors (Lipinski definition) is 2. The van der Waals surface area contributed by atoms with Crippen LogP contribution >= 0.6 is 0 Å². The molecule has 1 aromatic carbocycles. The van der Waals surface area contributed by atoms with Crippen molar-refractivity contribution in [3.05, 3.63) is 35.4 Å². The molecule has 1 aliphatic rings. The van der Waals surface area contributed by atoms with Gasteiger partial charge in [-0.15, -0.1) is 0 Å². The fourth-order valence-electron chi connectivity index (χ4n) is 3.19. The smallest absolute Gasteiger partial charge is 0.127 e. The summed E-state index contributed by atoms with van der Waals surface area (Å²) < 4.78 is 6.34. The third-order valence-corrected chi connectivity index (χ3v) is 4.73. The maximum atomic E-state index is 10.5. The highest BCUT2D eigenvalue weighted by Crippen LogP contribution is 2.47. The lowest BCUT2D eigenvalue weighted by atomic mass is 9.85. The number of allylic oxidation sites excluding steroid dienone is 1. The summed E-state index contributed by atoms with van der Waals surface area (Å²) >= 11 is 0. The van der Waals surface area contributed by atoms with Crippen LogP contribution in [0.1, 0.15) is 70.4 Å². The molecule has 1 heterocycles. The maximum Gasteiger partial charge on any atom is 0.127 e. The Morgan fingerprint density at radius 2 is 2.14 bits per heavy atom. The average molecular weight is 288 g/mol. The molecule has 0 aliphatic carbocycles. The molecule has 0 saturated heterocycles. The Kier molecular flexibility index (Phi) is 4.65. The zero-order valence-electron chi connectivity index (χ0n) is 13.8. The number of phenols is 1. The Labute approximate surface area is 128 Å². The Morgan fingerprint density at radius 1 is 1.43 bits per heavy atom. The van der Waals surface area contributed by atoms with Crippen LogP contribution < -0.4 is 4.74 Å². The van der Waals surface area contributed by atoms with E-state index in [4.69, 9.17) is 4.74 Å². The number of aromatic hydroxyl groups is 1. The normalized spacial score (nSPS) is 24.9. The number of fused-ring (bicyclic) bond motifs is 1. The van der Waals surface area contributed by atoms with E-state index < -0.39 is 0 Å². The fraction of sp³-hybridized carbons (Fsp3) is 0.579. The van der Waals surface area contributed by atoms with Gasteiger partial charge in [-0.25, -0.2) is 0 Å². The molecule has 2 rings (SSSR count). The number of benzene rings is 1. The number of hydrogen-bond donors (Lipinski definition) is 1. The average Bonchev–Trinajstić information content (AvgIpc) is 2.56. The first-order chi connectivity index (χ1) is 9.90. The highest BCUT2D eigenvalue weighted by atomic mass is 16.5. The summed E-state index contributed by atoms with van der Waals surface area (Å²) in [6.07, 6.45) is 4.96. The van der Waals surface area contributed by atoms with Crippen LogP contribution in [0.2, 0.25) is 0 Å². The van der Waals surface area contributed by atoms with Crippen molar-refractivity contribution in [2.75, 3.05) is 0 Å². The molecule has 2 heteroatoms. The molecule has 1 aliphatic heterocycles. The fourth-order valence-corrected chi connectivity index (χ4v) is 3.19. The molecule has 21 heavy (non-hydrogen) atoms. The maximum absolute atomic E-state index is 10.5. The minimum atomic E-state index is -0.157. The zero-order valence-corrected chi connectivity index (χ0v) is 13.8. The second-order valence-electron chi connectivity index (χ2n) is 6.62. The van der Waals surface area contributed by atoms with Gasteiger partial charge in [-0.1, -0.05) is 32.4 Å². The topological polar surface area (TPSA) is 29.5 Å². The molecule has 116 valence electrons. The predicted molar refractivity (Wildman–Crippen MR) is 88.2 cm³/mol.